The second-order valence-corrected chi connectivity index (χ2v) is 8.69. The molecule has 0 saturated heterocycles. The number of alkyl halides is 9. The minimum absolute atomic E-state index is 0.0442. The van der Waals surface area contributed by atoms with Crippen molar-refractivity contribution in [3.63, 3.8) is 0 Å². The fourth-order valence-corrected chi connectivity index (χ4v) is 4.48. The molecule has 0 spiro atoms. The van der Waals surface area contributed by atoms with Crippen LogP contribution in [0.4, 0.5) is 39.5 Å². The highest BCUT2D eigenvalue weighted by Gasteiger charge is 2.85. The molecule has 1 aromatic carbocycles. The van der Waals surface area contributed by atoms with Crippen molar-refractivity contribution >= 4 is 26.1 Å². The molecule has 0 atom stereocenters. The van der Waals surface area contributed by atoms with Gasteiger partial charge in [-0.25, -0.2) is 16.8 Å². The van der Waals surface area contributed by atoms with Gasteiger partial charge in [-0.15, -0.1) is 0 Å². The molecule has 0 fully saturated rings. The number of hydrogen-bond acceptors (Lipinski definition) is 4. The third kappa shape index (κ3) is 3.84. The van der Waals surface area contributed by atoms with Gasteiger partial charge in [-0.1, -0.05) is 28.9 Å². The van der Waals surface area contributed by atoms with Crippen LogP contribution in [0.1, 0.15) is 5.56 Å². The van der Waals surface area contributed by atoms with E-state index < -0.39 is 48.2 Å². The number of rotatable bonds is 7. The highest BCUT2D eigenvalue weighted by molar-refractivity contribution is 8.05. The number of nitrogens with one attached hydrogen (secondary N) is 1. The van der Waals surface area contributed by atoms with Crippen LogP contribution in [-0.2, 0) is 20.0 Å². The normalized spacial score (nSPS) is 14.8. The van der Waals surface area contributed by atoms with Crippen LogP contribution in [0.25, 0.3) is 6.08 Å². The molecule has 16 heteroatoms. The molecule has 1 N–H and O–H groups in total. The first-order valence-corrected chi connectivity index (χ1v) is 9.42. The van der Waals surface area contributed by atoms with Crippen molar-refractivity contribution in [1.82, 2.24) is 4.13 Å². The smallest absolute Gasteiger partial charge is 0.206 e. The van der Waals surface area contributed by atoms with E-state index in [1.165, 1.54) is 6.08 Å². The summed E-state index contributed by atoms with van der Waals surface area (Å²) in [5, 5.41) is -7.17. The van der Waals surface area contributed by atoms with Crippen molar-refractivity contribution in [2.45, 2.75) is 28.2 Å². The quantitative estimate of drug-likeness (QED) is 0.627. The van der Waals surface area contributed by atoms with Crippen LogP contribution in [0.15, 0.2) is 35.7 Å². The summed E-state index contributed by atoms with van der Waals surface area (Å²) in [6.45, 7) is 3.28. The van der Waals surface area contributed by atoms with E-state index in [2.05, 4.69) is 6.58 Å². The molecule has 28 heavy (non-hydrogen) atoms. The Morgan fingerprint density at radius 3 is 1.57 bits per heavy atom. The largest absolute Gasteiger partial charge is 0.460 e. The van der Waals surface area contributed by atoms with E-state index in [0.29, 0.717) is 12.1 Å². The van der Waals surface area contributed by atoms with Gasteiger partial charge in [-0.05, 0) is 17.7 Å². The summed E-state index contributed by atoms with van der Waals surface area (Å²) >= 11 is 0. The summed E-state index contributed by atoms with van der Waals surface area (Å²) in [7, 11) is -12.9. The van der Waals surface area contributed by atoms with Crippen LogP contribution in [0.5, 0.6) is 0 Å². The Hall–Kier alpha value is -1.81. The van der Waals surface area contributed by atoms with E-state index >= 15 is 0 Å². The second-order valence-electron chi connectivity index (χ2n) is 5.03. The SMILES string of the molecule is C=Cc1ccc(S(=O)(=O)NS(=O)(=O)C(F)(F)C(F)(F)C(F)(F)C(F)(F)F)cc1. The van der Waals surface area contributed by atoms with Gasteiger partial charge in [0.05, 0.1) is 4.90 Å². The molecule has 0 amide bonds. The minimum atomic E-state index is -7.55. The number of sulfonamides is 2. The van der Waals surface area contributed by atoms with Crippen LogP contribution >= 0.6 is 0 Å². The van der Waals surface area contributed by atoms with Crippen molar-refractivity contribution in [2.75, 3.05) is 0 Å². The van der Waals surface area contributed by atoms with Gasteiger partial charge >= 0.3 is 23.3 Å². The van der Waals surface area contributed by atoms with Gasteiger partial charge in [0.15, 0.2) is 0 Å². The van der Waals surface area contributed by atoms with Crippen molar-refractivity contribution in [3.05, 3.63) is 36.4 Å². The van der Waals surface area contributed by atoms with Crippen molar-refractivity contribution < 1.29 is 56.3 Å². The molecule has 0 bridgehead atoms. The number of hydrogen-bond donors (Lipinski definition) is 1. The zero-order valence-electron chi connectivity index (χ0n) is 12.9. The lowest BCUT2D eigenvalue weighted by atomic mass is 10.1. The van der Waals surface area contributed by atoms with Crippen LogP contribution in [-0.4, -0.2) is 40.1 Å². The van der Waals surface area contributed by atoms with Gasteiger partial charge < -0.3 is 0 Å². The van der Waals surface area contributed by atoms with E-state index in [1.807, 2.05) is 0 Å². The first-order chi connectivity index (χ1) is 12.2. The lowest BCUT2D eigenvalue weighted by Crippen LogP contribution is -2.65. The average Bonchev–Trinajstić information content (AvgIpc) is 2.52. The zero-order chi connectivity index (χ0) is 22.4. The monoisotopic (exact) mass is 465 g/mol. The standard InChI is InChI=1S/C12H8F9NO4S2/c1-2-7-3-5-8(6-4-7)27(23,24)22-28(25,26)12(20,21)10(15,16)9(13,14)11(17,18)19/h2-6,22H,1H2. The van der Waals surface area contributed by atoms with Gasteiger partial charge in [-0.2, -0.15) is 39.5 Å². The Balaban J connectivity index is 3.42. The van der Waals surface area contributed by atoms with Crippen LogP contribution in [0.2, 0.25) is 0 Å². The zero-order valence-corrected chi connectivity index (χ0v) is 14.6. The summed E-state index contributed by atoms with van der Waals surface area (Å²) in [5.74, 6) is -15.1. The summed E-state index contributed by atoms with van der Waals surface area (Å²) < 4.78 is 161. The number of halogens is 9. The van der Waals surface area contributed by atoms with Crippen LogP contribution in [0, 0.1) is 0 Å². The maximum atomic E-state index is 13.5. The molecule has 0 radical (unpaired) electrons. The summed E-state index contributed by atoms with van der Waals surface area (Å²) in [6, 6.07) is 3.16. The molecule has 0 aliphatic rings. The first-order valence-electron chi connectivity index (χ1n) is 6.45. The fraction of sp³-hybridized carbons (Fsp3) is 0.333. The molecule has 0 heterocycles. The fourth-order valence-electron chi connectivity index (χ4n) is 1.56. The molecule has 1 aromatic rings. The van der Waals surface area contributed by atoms with Gasteiger partial charge in [0, 0.05) is 0 Å². The van der Waals surface area contributed by atoms with Crippen LogP contribution in [0.3, 0.4) is 0 Å². The highest BCUT2D eigenvalue weighted by atomic mass is 32.3. The topological polar surface area (TPSA) is 80.3 Å². The minimum Gasteiger partial charge on any atom is -0.206 e. The molecular formula is C12H8F9NO4S2. The molecule has 0 aromatic heterocycles. The van der Waals surface area contributed by atoms with E-state index in [4.69, 9.17) is 0 Å². The van der Waals surface area contributed by atoms with Gasteiger partial charge in [0.25, 0.3) is 20.0 Å². The summed E-state index contributed by atoms with van der Waals surface area (Å²) in [6.07, 6.45) is -6.09. The Morgan fingerprint density at radius 1 is 0.786 bits per heavy atom. The molecule has 0 saturated carbocycles. The van der Waals surface area contributed by atoms with E-state index in [1.54, 1.807) is 0 Å². The first kappa shape index (κ1) is 24.2. The van der Waals surface area contributed by atoms with Crippen molar-refractivity contribution in [2.24, 2.45) is 0 Å². The summed E-state index contributed by atoms with van der Waals surface area (Å²) in [5.41, 5.74) is 0.253. The Kier molecular flexibility index (Phi) is 5.98. The average molecular weight is 465 g/mol. The van der Waals surface area contributed by atoms with Gasteiger partial charge in [0.2, 0.25) is 0 Å². The van der Waals surface area contributed by atoms with Crippen molar-refractivity contribution in [1.29, 1.82) is 0 Å². The predicted molar refractivity (Wildman–Crippen MR) is 76.7 cm³/mol. The maximum absolute atomic E-state index is 13.5. The Bertz CT molecular complexity index is 952. The van der Waals surface area contributed by atoms with Gasteiger partial charge in [0.1, 0.15) is 0 Å². The third-order valence-corrected chi connectivity index (χ3v) is 6.68. The molecule has 5 nitrogen and oxygen atoms in total. The maximum Gasteiger partial charge on any atom is 0.460 e. The Labute approximate surface area is 151 Å². The third-order valence-electron chi connectivity index (χ3n) is 3.10. The number of benzene rings is 1. The highest BCUT2D eigenvalue weighted by Crippen LogP contribution is 2.54. The second kappa shape index (κ2) is 6.91. The van der Waals surface area contributed by atoms with E-state index in [-0.39, 0.29) is 9.69 Å². The molecule has 0 unspecified atom stereocenters. The lowest BCUT2D eigenvalue weighted by Gasteiger charge is -2.32. The van der Waals surface area contributed by atoms with Crippen molar-refractivity contribution in [3.8, 4) is 0 Å². The Morgan fingerprint density at radius 2 is 1.21 bits per heavy atom. The predicted octanol–water partition coefficient (Wildman–Crippen LogP) is 3.36. The van der Waals surface area contributed by atoms with E-state index in [9.17, 15) is 56.3 Å². The summed E-state index contributed by atoms with van der Waals surface area (Å²) in [4.78, 5) is -1.09. The molecule has 0 aliphatic carbocycles. The van der Waals surface area contributed by atoms with Crippen LogP contribution < -0.4 is 4.13 Å². The lowest BCUT2D eigenvalue weighted by molar-refractivity contribution is -0.382. The molecule has 0 aliphatic heterocycles. The van der Waals surface area contributed by atoms with E-state index in [0.717, 1.165) is 12.1 Å². The molecular weight excluding hydrogens is 457 g/mol. The molecule has 160 valence electrons. The molecule has 1 rings (SSSR count). The van der Waals surface area contributed by atoms with Gasteiger partial charge in [-0.3, -0.25) is 0 Å².